The fourth-order valence-electron chi connectivity index (χ4n) is 3.96. The van der Waals surface area contributed by atoms with Crippen molar-refractivity contribution in [2.24, 2.45) is 5.92 Å². The number of amides is 1. The number of pyridine rings is 1. The molecule has 2 aromatic rings. The lowest BCUT2D eigenvalue weighted by Gasteiger charge is -2.33. The zero-order valence-electron chi connectivity index (χ0n) is 17.9. The average Bonchev–Trinajstić information content (AvgIpc) is 3.25. The van der Waals surface area contributed by atoms with Crippen LogP contribution in [0.25, 0.3) is 16.0 Å². The van der Waals surface area contributed by atoms with Crippen molar-refractivity contribution < 1.29 is 9.53 Å². The molecule has 0 bridgehead atoms. The maximum Gasteiger partial charge on any atom is 0.414 e. The Labute approximate surface area is 176 Å². The molecule has 1 unspecified atom stereocenters. The molecule has 7 heteroatoms. The van der Waals surface area contributed by atoms with Gasteiger partial charge in [0, 0.05) is 30.8 Å². The molecule has 0 spiro atoms. The van der Waals surface area contributed by atoms with Gasteiger partial charge in [0.25, 0.3) is 0 Å². The minimum atomic E-state index is -0.524. The number of hydrogen-bond acceptors (Lipinski definition) is 6. The van der Waals surface area contributed by atoms with Crippen molar-refractivity contribution in [2.45, 2.75) is 52.1 Å². The summed E-state index contributed by atoms with van der Waals surface area (Å²) in [6.45, 7) is 10.7. The summed E-state index contributed by atoms with van der Waals surface area (Å²) in [4.78, 5) is 27.5. The van der Waals surface area contributed by atoms with Crippen LogP contribution >= 0.6 is 11.3 Å². The van der Waals surface area contributed by atoms with Gasteiger partial charge in [-0.2, -0.15) is 0 Å². The summed E-state index contributed by atoms with van der Waals surface area (Å²) in [7, 11) is 2.16. The number of carbonyl (C=O) groups excluding carboxylic acids is 1. The van der Waals surface area contributed by atoms with E-state index in [2.05, 4.69) is 36.0 Å². The Kier molecular flexibility index (Phi) is 5.38. The molecule has 2 atom stereocenters. The van der Waals surface area contributed by atoms with E-state index in [1.807, 2.05) is 27.0 Å². The maximum atomic E-state index is 12.8. The van der Waals surface area contributed by atoms with Crippen LogP contribution in [-0.4, -0.2) is 58.1 Å². The number of allylic oxidation sites excluding steroid dienone is 1. The monoisotopic (exact) mass is 414 g/mol. The molecule has 0 saturated carbocycles. The van der Waals surface area contributed by atoms with E-state index in [9.17, 15) is 4.79 Å². The number of likely N-dealkylation sites (tertiary alicyclic amines) is 1. The Morgan fingerprint density at radius 2 is 2.10 bits per heavy atom. The summed E-state index contributed by atoms with van der Waals surface area (Å²) in [5.41, 5.74) is 2.20. The van der Waals surface area contributed by atoms with Crippen molar-refractivity contribution >= 4 is 33.5 Å². The van der Waals surface area contributed by atoms with Gasteiger partial charge in [-0.3, -0.25) is 4.90 Å². The highest BCUT2D eigenvalue weighted by molar-refractivity contribution is 7.18. The topological polar surface area (TPSA) is 58.6 Å². The molecule has 156 valence electrons. The molecule has 0 aromatic carbocycles. The second kappa shape index (κ2) is 7.69. The van der Waals surface area contributed by atoms with Crippen LogP contribution in [0.2, 0.25) is 0 Å². The summed E-state index contributed by atoms with van der Waals surface area (Å²) in [6.07, 6.45) is 5.77. The summed E-state index contributed by atoms with van der Waals surface area (Å²) in [6, 6.07) is 2.07. The van der Waals surface area contributed by atoms with Gasteiger partial charge in [0.05, 0.1) is 10.7 Å². The molecule has 0 radical (unpaired) electrons. The predicted molar refractivity (Wildman–Crippen MR) is 117 cm³/mol. The van der Waals surface area contributed by atoms with Crippen LogP contribution in [-0.2, 0) is 4.74 Å². The van der Waals surface area contributed by atoms with E-state index in [0.29, 0.717) is 18.4 Å². The van der Waals surface area contributed by atoms with Gasteiger partial charge in [0.1, 0.15) is 15.9 Å². The van der Waals surface area contributed by atoms with Crippen LogP contribution in [0.3, 0.4) is 0 Å². The number of thiazole rings is 1. The Morgan fingerprint density at radius 3 is 2.79 bits per heavy atom. The second-order valence-electron chi connectivity index (χ2n) is 9.37. The first kappa shape index (κ1) is 20.3. The first-order valence-electron chi connectivity index (χ1n) is 10.4. The van der Waals surface area contributed by atoms with Crippen LogP contribution in [0, 0.1) is 5.92 Å². The van der Waals surface area contributed by atoms with Gasteiger partial charge >= 0.3 is 6.09 Å². The molecule has 29 heavy (non-hydrogen) atoms. The molecule has 2 aromatic heterocycles. The Morgan fingerprint density at radius 1 is 1.31 bits per heavy atom. The van der Waals surface area contributed by atoms with Gasteiger partial charge in [0.15, 0.2) is 0 Å². The highest BCUT2D eigenvalue weighted by Crippen LogP contribution is 2.34. The Balaban J connectivity index is 1.63. The van der Waals surface area contributed by atoms with E-state index in [0.717, 1.165) is 47.5 Å². The molecule has 6 nitrogen and oxygen atoms in total. The number of likely N-dealkylation sites (N-methyl/N-ethyl adjacent to an activating group) is 1. The summed E-state index contributed by atoms with van der Waals surface area (Å²) in [5, 5.41) is 1.17. The van der Waals surface area contributed by atoms with Crippen molar-refractivity contribution in [3.8, 4) is 0 Å². The Bertz CT molecular complexity index is 946. The standard InChI is InChI=1S/C22H30N4O2S/c1-14-6-7-18(26(12-14)21(27)28-22(2,3)4)16-10-17-20(23-11-16)29-19(24-17)15-8-9-25(5)13-15/h7,10-11,14-15H,6,8-9,12-13H2,1-5H3/t14-,15?/m0/s1. The van der Waals surface area contributed by atoms with Crippen molar-refractivity contribution in [1.29, 1.82) is 0 Å². The molecule has 2 aliphatic rings. The molecular formula is C22H30N4O2S. The van der Waals surface area contributed by atoms with E-state index in [1.54, 1.807) is 16.2 Å². The molecule has 1 amide bonds. The molecule has 4 heterocycles. The first-order valence-corrected chi connectivity index (χ1v) is 11.2. The first-order chi connectivity index (χ1) is 13.7. The molecule has 1 saturated heterocycles. The van der Waals surface area contributed by atoms with Gasteiger partial charge in [-0.05, 0) is 59.2 Å². The molecule has 0 N–H and O–H groups in total. The minimum absolute atomic E-state index is 0.302. The summed E-state index contributed by atoms with van der Waals surface area (Å²) in [5.74, 6) is 0.892. The van der Waals surface area contributed by atoms with Gasteiger partial charge in [0.2, 0.25) is 0 Å². The zero-order chi connectivity index (χ0) is 20.8. The van der Waals surface area contributed by atoms with E-state index >= 15 is 0 Å². The van der Waals surface area contributed by atoms with Crippen LogP contribution in [0.4, 0.5) is 4.79 Å². The van der Waals surface area contributed by atoms with E-state index in [-0.39, 0.29) is 6.09 Å². The number of ether oxygens (including phenoxy) is 1. The third kappa shape index (κ3) is 4.46. The van der Waals surface area contributed by atoms with Crippen molar-refractivity contribution in [1.82, 2.24) is 19.8 Å². The van der Waals surface area contributed by atoms with Gasteiger partial charge in [-0.25, -0.2) is 14.8 Å². The van der Waals surface area contributed by atoms with Crippen molar-refractivity contribution in [3.63, 3.8) is 0 Å². The molecule has 4 rings (SSSR count). The SMILES string of the molecule is C[C@H]1CC=C(c2cnc3sc(C4CCN(C)C4)nc3c2)N(C(=O)OC(C)(C)C)C1. The van der Waals surface area contributed by atoms with E-state index in [1.165, 1.54) is 5.01 Å². The third-order valence-electron chi connectivity index (χ3n) is 5.41. The molecule has 2 aliphatic heterocycles. The Hall–Kier alpha value is -1.99. The number of nitrogens with zero attached hydrogens (tertiary/aromatic N) is 4. The lowest BCUT2D eigenvalue weighted by molar-refractivity contribution is 0.0327. The lowest BCUT2D eigenvalue weighted by atomic mass is 9.99. The zero-order valence-corrected chi connectivity index (χ0v) is 18.8. The van der Waals surface area contributed by atoms with Crippen LogP contribution in [0.15, 0.2) is 18.3 Å². The van der Waals surface area contributed by atoms with E-state index < -0.39 is 5.60 Å². The third-order valence-corrected chi connectivity index (χ3v) is 6.55. The minimum Gasteiger partial charge on any atom is -0.443 e. The maximum absolute atomic E-state index is 12.8. The molecular weight excluding hydrogens is 384 g/mol. The normalized spacial score (nSPS) is 23.5. The summed E-state index contributed by atoms with van der Waals surface area (Å²) >= 11 is 1.69. The summed E-state index contributed by atoms with van der Waals surface area (Å²) < 4.78 is 5.65. The quantitative estimate of drug-likeness (QED) is 0.711. The average molecular weight is 415 g/mol. The smallest absolute Gasteiger partial charge is 0.414 e. The highest BCUT2D eigenvalue weighted by Gasteiger charge is 2.30. The van der Waals surface area contributed by atoms with Crippen LogP contribution in [0.5, 0.6) is 0 Å². The largest absolute Gasteiger partial charge is 0.443 e. The van der Waals surface area contributed by atoms with Crippen molar-refractivity contribution in [2.75, 3.05) is 26.7 Å². The van der Waals surface area contributed by atoms with Crippen molar-refractivity contribution in [3.05, 3.63) is 28.9 Å². The van der Waals surface area contributed by atoms with Gasteiger partial charge in [-0.15, -0.1) is 0 Å². The number of carbonyl (C=O) groups is 1. The number of aromatic nitrogens is 2. The molecule has 0 aliphatic carbocycles. The van der Waals surface area contributed by atoms with Crippen LogP contribution < -0.4 is 0 Å². The second-order valence-corrected chi connectivity index (χ2v) is 10.4. The lowest BCUT2D eigenvalue weighted by Crippen LogP contribution is -2.39. The van der Waals surface area contributed by atoms with Crippen LogP contribution in [0.1, 0.15) is 57.0 Å². The number of rotatable bonds is 2. The highest BCUT2D eigenvalue weighted by atomic mass is 32.1. The fourth-order valence-corrected chi connectivity index (χ4v) is 4.98. The number of hydrogen-bond donors (Lipinski definition) is 0. The fraction of sp³-hybridized carbons (Fsp3) is 0.591. The number of fused-ring (bicyclic) bond motifs is 1. The van der Waals surface area contributed by atoms with Gasteiger partial charge in [-0.1, -0.05) is 24.3 Å². The van der Waals surface area contributed by atoms with E-state index in [4.69, 9.17) is 9.72 Å². The van der Waals surface area contributed by atoms with Gasteiger partial charge < -0.3 is 9.64 Å². The predicted octanol–water partition coefficient (Wildman–Crippen LogP) is 4.73. The molecule has 1 fully saturated rings.